The highest BCUT2D eigenvalue weighted by atomic mass is 32.1. The molecule has 1 fully saturated rings. The molecular weight excluding hydrogens is 310 g/mol. The molecule has 1 atom stereocenters. The molecule has 0 aliphatic carbocycles. The fourth-order valence-corrected chi connectivity index (χ4v) is 3.97. The van der Waals surface area contributed by atoms with Crippen molar-refractivity contribution in [2.75, 3.05) is 6.54 Å². The van der Waals surface area contributed by atoms with Gasteiger partial charge in [0.2, 0.25) is 5.91 Å². The van der Waals surface area contributed by atoms with Crippen molar-refractivity contribution in [2.24, 2.45) is 0 Å². The van der Waals surface area contributed by atoms with E-state index in [1.807, 2.05) is 51.1 Å². The van der Waals surface area contributed by atoms with Gasteiger partial charge in [-0.3, -0.25) is 13.9 Å². The van der Waals surface area contributed by atoms with E-state index in [-0.39, 0.29) is 11.9 Å². The zero-order valence-electron chi connectivity index (χ0n) is 13.1. The molecule has 1 amide bonds. The van der Waals surface area contributed by atoms with Crippen molar-refractivity contribution in [1.29, 1.82) is 0 Å². The molecule has 0 bridgehead atoms. The number of hydrogen-bond acceptors (Lipinski definition) is 4. The van der Waals surface area contributed by atoms with Crippen LogP contribution in [0.15, 0.2) is 30.2 Å². The summed E-state index contributed by atoms with van der Waals surface area (Å²) < 4.78 is 3.92. The van der Waals surface area contributed by atoms with Gasteiger partial charge in [-0.15, -0.1) is 11.3 Å². The second-order valence-corrected chi connectivity index (χ2v) is 7.00. The highest BCUT2D eigenvalue weighted by Gasteiger charge is 2.29. The Balaban J connectivity index is 1.44. The summed E-state index contributed by atoms with van der Waals surface area (Å²) in [6.45, 7) is 3.65. The first-order valence-corrected chi connectivity index (χ1v) is 8.76. The van der Waals surface area contributed by atoms with Gasteiger partial charge in [-0.05, 0) is 25.3 Å². The third-order valence-electron chi connectivity index (χ3n) is 4.33. The number of aromatic nitrogens is 4. The smallest absolute Gasteiger partial charge is 0.228 e. The first-order chi connectivity index (χ1) is 11.2. The molecule has 0 aromatic carbocycles. The van der Waals surface area contributed by atoms with E-state index in [1.165, 1.54) is 0 Å². The van der Waals surface area contributed by atoms with Crippen LogP contribution in [0.5, 0.6) is 0 Å². The number of carbonyl (C=O) groups excluding carboxylic acids is 1. The summed E-state index contributed by atoms with van der Waals surface area (Å²) in [4.78, 5) is 20.1. The number of imidazole rings is 1. The average Bonchev–Trinajstić information content (AvgIpc) is 3.23. The molecule has 23 heavy (non-hydrogen) atoms. The Morgan fingerprint density at radius 1 is 1.43 bits per heavy atom. The summed E-state index contributed by atoms with van der Waals surface area (Å²) in [7, 11) is 0. The maximum atomic E-state index is 12.7. The Morgan fingerprint density at radius 2 is 2.35 bits per heavy atom. The number of rotatable bonds is 4. The van der Waals surface area contributed by atoms with E-state index in [2.05, 4.69) is 10.1 Å². The lowest BCUT2D eigenvalue weighted by atomic mass is 10.2. The molecule has 0 spiro atoms. The van der Waals surface area contributed by atoms with Crippen LogP contribution < -0.4 is 0 Å². The second-order valence-electron chi connectivity index (χ2n) is 6.12. The van der Waals surface area contributed by atoms with Crippen molar-refractivity contribution >= 4 is 22.2 Å². The minimum absolute atomic E-state index is 0.169. The molecule has 4 heterocycles. The monoisotopic (exact) mass is 329 g/mol. The van der Waals surface area contributed by atoms with E-state index >= 15 is 0 Å². The molecule has 0 saturated carbocycles. The minimum atomic E-state index is 0.169. The second kappa shape index (κ2) is 5.81. The lowest BCUT2D eigenvalue weighted by Gasteiger charge is -2.24. The summed E-state index contributed by atoms with van der Waals surface area (Å²) in [6, 6.07) is 0.241. The number of nitrogens with zero attached hydrogens (tertiary/aromatic N) is 5. The van der Waals surface area contributed by atoms with Crippen LogP contribution >= 0.6 is 11.3 Å². The number of fused-ring (bicyclic) bond motifs is 1. The molecule has 1 saturated heterocycles. The topological polar surface area (TPSA) is 55.4 Å². The Morgan fingerprint density at radius 3 is 3.13 bits per heavy atom. The van der Waals surface area contributed by atoms with Gasteiger partial charge in [0.15, 0.2) is 4.96 Å². The first kappa shape index (κ1) is 14.4. The molecule has 0 unspecified atom stereocenters. The van der Waals surface area contributed by atoms with Crippen LogP contribution in [0, 0.1) is 6.92 Å². The number of amides is 1. The number of likely N-dealkylation sites (tertiary alicyclic amines) is 1. The van der Waals surface area contributed by atoms with E-state index in [0.717, 1.165) is 42.1 Å². The summed E-state index contributed by atoms with van der Waals surface area (Å²) in [5, 5.41) is 6.34. The van der Waals surface area contributed by atoms with Crippen LogP contribution in [0.25, 0.3) is 4.96 Å². The van der Waals surface area contributed by atoms with Crippen LogP contribution in [-0.4, -0.2) is 42.6 Å². The summed E-state index contributed by atoms with van der Waals surface area (Å²) >= 11 is 1.59. The molecule has 3 aromatic heterocycles. The molecule has 3 aromatic rings. The third kappa shape index (κ3) is 2.88. The molecule has 1 aliphatic heterocycles. The SMILES string of the molecule is Cc1cnn(C[C@@H]2CCCN2C(=O)Cc2cn3ccsc3n2)c1. The number of aryl methyl sites for hydroxylation is 1. The summed E-state index contributed by atoms with van der Waals surface area (Å²) in [5.74, 6) is 0.169. The number of hydrogen-bond donors (Lipinski definition) is 0. The van der Waals surface area contributed by atoms with E-state index in [1.54, 1.807) is 11.3 Å². The van der Waals surface area contributed by atoms with E-state index in [0.29, 0.717) is 6.42 Å². The zero-order chi connectivity index (χ0) is 15.8. The molecule has 4 rings (SSSR count). The maximum Gasteiger partial charge on any atom is 0.228 e. The van der Waals surface area contributed by atoms with Crippen molar-refractivity contribution in [3.63, 3.8) is 0 Å². The molecular formula is C16H19N5OS. The van der Waals surface area contributed by atoms with E-state index in [4.69, 9.17) is 0 Å². The first-order valence-electron chi connectivity index (χ1n) is 7.88. The molecule has 7 heteroatoms. The van der Waals surface area contributed by atoms with Gasteiger partial charge in [-0.25, -0.2) is 4.98 Å². The molecule has 6 nitrogen and oxygen atoms in total. The normalized spacial score (nSPS) is 18.1. The Kier molecular flexibility index (Phi) is 3.65. The van der Waals surface area contributed by atoms with Gasteiger partial charge >= 0.3 is 0 Å². The van der Waals surface area contributed by atoms with Crippen LogP contribution in [0.3, 0.4) is 0 Å². The number of carbonyl (C=O) groups is 1. The predicted molar refractivity (Wildman–Crippen MR) is 88.5 cm³/mol. The zero-order valence-corrected chi connectivity index (χ0v) is 13.9. The van der Waals surface area contributed by atoms with Crippen molar-refractivity contribution in [3.8, 4) is 0 Å². The van der Waals surface area contributed by atoms with Gasteiger partial charge in [0.05, 0.1) is 30.9 Å². The lowest BCUT2D eigenvalue weighted by Crippen LogP contribution is -2.39. The van der Waals surface area contributed by atoms with E-state index < -0.39 is 0 Å². The highest BCUT2D eigenvalue weighted by molar-refractivity contribution is 7.15. The summed E-state index contributed by atoms with van der Waals surface area (Å²) in [5.41, 5.74) is 2.00. The van der Waals surface area contributed by atoms with Gasteiger partial charge < -0.3 is 4.90 Å². The van der Waals surface area contributed by atoms with Gasteiger partial charge in [0.1, 0.15) is 0 Å². The van der Waals surface area contributed by atoms with Crippen LogP contribution in [0.2, 0.25) is 0 Å². The van der Waals surface area contributed by atoms with Gasteiger partial charge in [0, 0.05) is 30.5 Å². The molecule has 0 radical (unpaired) electrons. The van der Waals surface area contributed by atoms with Crippen LogP contribution in [0.1, 0.15) is 24.1 Å². The van der Waals surface area contributed by atoms with Crippen LogP contribution in [0.4, 0.5) is 0 Å². The lowest BCUT2D eigenvalue weighted by molar-refractivity contribution is -0.131. The Labute approximate surface area is 138 Å². The largest absolute Gasteiger partial charge is 0.338 e. The Bertz CT molecular complexity index is 804. The predicted octanol–water partition coefficient (Wildman–Crippen LogP) is 2.13. The maximum absolute atomic E-state index is 12.7. The van der Waals surface area contributed by atoms with Crippen molar-refractivity contribution in [3.05, 3.63) is 41.4 Å². The summed E-state index contributed by atoms with van der Waals surface area (Å²) in [6.07, 6.45) is 10.3. The fraction of sp³-hybridized carbons (Fsp3) is 0.438. The molecule has 1 aliphatic rings. The standard InChI is InChI=1S/C16H19N5OS/c1-12-8-17-20(9-12)11-14-3-2-4-21(14)15(22)7-13-10-19-5-6-23-16(19)18-13/h5-6,8-10,14H,2-4,7,11H2,1H3/t14-/m0/s1. The van der Waals surface area contributed by atoms with Gasteiger partial charge in [-0.1, -0.05) is 0 Å². The van der Waals surface area contributed by atoms with Crippen molar-refractivity contribution in [1.82, 2.24) is 24.1 Å². The Hall–Kier alpha value is -2.15. The van der Waals surface area contributed by atoms with Gasteiger partial charge in [-0.2, -0.15) is 5.10 Å². The molecule has 0 N–H and O–H groups in total. The molecule has 120 valence electrons. The fourth-order valence-electron chi connectivity index (χ4n) is 3.25. The van der Waals surface area contributed by atoms with E-state index in [9.17, 15) is 4.79 Å². The van der Waals surface area contributed by atoms with Gasteiger partial charge in [0.25, 0.3) is 0 Å². The minimum Gasteiger partial charge on any atom is -0.338 e. The number of thiazole rings is 1. The van der Waals surface area contributed by atoms with Crippen molar-refractivity contribution in [2.45, 2.75) is 38.8 Å². The highest BCUT2D eigenvalue weighted by Crippen LogP contribution is 2.21. The average molecular weight is 329 g/mol. The quantitative estimate of drug-likeness (QED) is 0.737. The van der Waals surface area contributed by atoms with Crippen molar-refractivity contribution < 1.29 is 4.79 Å². The van der Waals surface area contributed by atoms with Crippen LogP contribution in [-0.2, 0) is 17.8 Å². The third-order valence-corrected chi connectivity index (χ3v) is 5.10.